The third-order valence-corrected chi connectivity index (χ3v) is 3.61. The van der Waals surface area contributed by atoms with Gasteiger partial charge in [0.2, 0.25) is 0 Å². The van der Waals surface area contributed by atoms with Crippen molar-refractivity contribution in [3.8, 4) is 0 Å². The van der Waals surface area contributed by atoms with Crippen molar-refractivity contribution in [3.63, 3.8) is 0 Å². The van der Waals surface area contributed by atoms with Crippen LogP contribution in [-0.4, -0.2) is 24.7 Å². The summed E-state index contributed by atoms with van der Waals surface area (Å²) in [4.78, 5) is 15.4. The van der Waals surface area contributed by atoms with Crippen LogP contribution in [0.5, 0.6) is 0 Å². The van der Waals surface area contributed by atoms with Gasteiger partial charge in [0, 0.05) is 16.8 Å². The number of ether oxygens (including phenoxy) is 1. The van der Waals surface area contributed by atoms with Gasteiger partial charge in [0.05, 0.1) is 23.4 Å². The van der Waals surface area contributed by atoms with Crippen LogP contribution < -0.4 is 5.32 Å². The number of anilines is 2. The van der Waals surface area contributed by atoms with E-state index in [1.165, 1.54) is 18.2 Å². The Balaban J connectivity index is 2.46. The minimum atomic E-state index is -3.87. The Morgan fingerprint density at radius 1 is 1.33 bits per heavy atom. The number of halogens is 5. The highest BCUT2D eigenvalue weighted by Crippen LogP contribution is 2.34. The number of pyridine rings is 1. The number of hydrogen-bond donors (Lipinski definition) is 1. The van der Waals surface area contributed by atoms with Gasteiger partial charge >= 0.3 is 11.9 Å². The van der Waals surface area contributed by atoms with E-state index in [1.54, 1.807) is 0 Å². The molecule has 0 spiro atoms. The van der Waals surface area contributed by atoms with E-state index in [4.69, 9.17) is 23.2 Å². The fraction of sp³-hybridized carbons (Fsp3) is 0.200. The largest absolute Gasteiger partial charge is 0.465 e. The van der Waals surface area contributed by atoms with Crippen molar-refractivity contribution >= 4 is 40.7 Å². The van der Waals surface area contributed by atoms with Crippen LogP contribution in [0.25, 0.3) is 0 Å². The number of alkyl halides is 3. The second kappa shape index (κ2) is 7.27. The van der Waals surface area contributed by atoms with Gasteiger partial charge in [0.1, 0.15) is 5.82 Å². The van der Waals surface area contributed by atoms with Gasteiger partial charge in [-0.3, -0.25) is 0 Å². The van der Waals surface area contributed by atoms with E-state index in [0.717, 1.165) is 19.4 Å². The molecule has 1 heterocycles. The highest BCUT2D eigenvalue weighted by Gasteiger charge is 2.37. The Morgan fingerprint density at radius 2 is 2.04 bits per heavy atom. The minimum Gasteiger partial charge on any atom is -0.465 e. The fourth-order valence-corrected chi connectivity index (χ4v) is 2.36. The molecule has 0 bridgehead atoms. The molecule has 9 heteroatoms. The smallest absolute Gasteiger partial charge is 0.339 e. The van der Waals surface area contributed by atoms with Gasteiger partial charge < -0.3 is 10.1 Å². The van der Waals surface area contributed by atoms with Gasteiger partial charge in [-0.2, -0.15) is 8.78 Å². The molecular weight excluding hydrogens is 368 g/mol. The molecule has 0 atom stereocenters. The van der Waals surface area contributed by atoms with Gasteiger partial charge in [-0.05, 0) is 24.3 Å². The predicted molar refractivity (Wildman–Crippen MR) is 85.2 cm³/mol. The molecule has 1 N–H and O–H groups in total. The van der Waals surface area contributed by atoms with Crippen LogP contribution in [0.1, 0.15) is 15.9 Å². The number of benzene rings is 1. The number of carbonyl (C=O) groups excluding carboxylic acids is 1. The maximum Gasteiger partial charge on any atom is 0.339 e. The minimum absolute atomic E-state index is 0.0463. The van der Waals surface area contributed by atoms with Crippen LogP contribution in [-0.2, 0) is 10.7 Å². The molecule has 0 radical (unpaired) electrons. The van der Waals surface area contributed by atoms with E-state index in [9.17, 15) is 18.0 Å². The number of rotatable bonds is 5. The summed E-state index contributed by atoms with van der Waals surface area (Å²) >= 11 is 11.8. The third kappa shape index (κ3) is 3.91. The first-order valence-corrected chi connectivity index (χ1v) is 7.29. The van der Waals surface area contributed by atoms with Crippen LogP contribution in [0.15, 0.2) is 30.5 Å². The van der Waals surface area contributed by atoms with Crippen molar-refractivity contribution in [2.45, 2.75) is 5.92 Å². The van der Waals surface area contributed by atoms with E-state index in [-0.39, 0.29) is 10.8 Å². The molecule has 4 nitrogen and oxygen atoms in total. The van der Waals surface area contributed by atoms with Crippen LogP contribution in [0.2, 0.25) is 10.0 Å². The molecule has 1 aromatic carbocycles. The molecule has 128 valence electrons. The van der Waals surface area contributed by atoms with E-state index >= 15 is 0 Å². The highest BCUT2D eigenvalue weighted by molar-refractivity contribution is 6.36. The van der Waals surface area contributed by atoms with Gasteiger partial charge in [-0.15, -0.1) is 0 Å². The Bertz CT molecular complexity index is 772. The molecular formula is C15H11Cl2F3N2O2. The first-order chi connectivity index (χ1) is 11.3. The monoisotopic (exact) mass is 378 g/mol. The number of nitrogens with zero attached hydrogens (tertiary/aromatic N) is 1. The summed E-state index contributed by atoms with van der Waals surface area (Å²) < 4.78 is 44.7. The highest BCUT2D eigenvalue weighted by atomic mass is 35.5. The molecule has 0 aliphatic rings. The molecule has 0 fully saturated rings. The summed E-state index contributed by atoms with van der Waals surface area (Å²) in [7, 11) is 1.03. The topological polar surface area (TPSA) is 51.2 Å². The average Bonchev–Trinajstić information content (AvgIpc) is 2.56. The normalized spacial score (nSPS) is 11.2. The first-order valence-electron chi connectivity index (χ1n) is 6.53. The third-order valence-electron chi connectivity index (χ3n) is 3.07. The lowest BCUT2D eigenvalue weighted by atomic mass is 10.0. The van der Waals surface area contributed by atoms with E-state index in [2.05, 4.69) is 15.0 Å². The molecule has 0 unspecified atom stereocenters. The van der Waals surface area contributed by atoms with Gasteiger partial charge in [0.25, 0.3) is 0 Å². The second-order valence-corrected chi connectivity index (χ2v) is 5.54. The molecule has 24 heavy (non-hydrogen) atoms. The Morgan fingerprint density at radius 3 is 2.62 bits per heavy atom. The Hall–Kier alpha value is -1.99. The summed E-state index contributed by atoms with van der Waals surface area (Å²) in [6, 6.07) is 5.38. The molecule has 0 aliphatic heterocycles. The van der Waals surface area contributed by atoms with Crippen molar-refractivity contribution in [1.29, 1.82) is 0 Å². The zero-order valence-corrected chi connectivity index (χ0v) is 13.8. The van der Waals surface area contributed by atoms with Crippen molar-refractivity contribution in [3.05, 3.63) is 51.6 Å². The molecule has 0 amide bonds. The van der Waals surface area contributed by atoms with Crippen LogP contribution in [0.3, 0.4) is 0 Å². The lowest BCUT2D eigenvalue weighted by molar-refractivity contribution is -0.0292. The Kier molecular flexibility index (Phi) is 5.56. The molecule has 0 aliphatic carbocycles. The molecule has 0 saturated carbocycles. The molecule has 1 aromatic heterocycles. The lowest BCUT2D eigenvalue weighted by Crippen LogP contribution is -2.21. The summed E-state index contributed by atoms with van der Waals surface area (Å²) in [5.41, 5.74) is -0.999. The maximum atomic E-state index is 13.8. The predicted octanol–water partition coefficient (Wildman–Crippen LogP) is 4.98. The van der Waals surface area contributed by atoms with Crippen molar-refractivity contribution in [2.75, 3.05) is 19.1 Å². The van der Waals surface area contributed by atoms with Crippen LogP contribution in [0.4, 0.5) is 24.7 Å². The summed E-state index contributed by atoms with van der Waals surface area (Å²) in [6.07, 6.45) is 0.886. The van der Waals surface area contributed by atoms with Crippen molar-refractivity contribution in [1.82, 2.24) is 4.98 Å². The fourth-order valence-electron chi connectivity index (χ4n) is 1.90. The van der Waals surface area contributed by atoms with Gasteiger partial charge in [-0.1, -0.05) is 23.2 Å². The summed E-state index contributed by atoms with van der Waals surface area (Å²) in [5, 5.41) is 3.34. The second-order valence-electron chi connectivity index (χ2n) is 4.69. The van der Waals surface area contributed by atoms with Gasteiger partial charge in [-0.25, -0.2) is 14.2 Å². The standard InChI is InChI=1S/C15H11Cl2F3N2O2/c1-24-14(23)9-6-21-13(5-10(9)15(19,20)7-18)22-12-3-2-8(16)4-11(12)17/h2-6H,7H2,1H3,(H,21,22). The average molecular weight is 379 g/mol. The molecule has 0 saturated heterocycles. The number of aromatic nitrogens is 1. The van der Waals surface area contributed by atoms with E-state index in [1.807, 2.05) is 0 Å². The van der Waals surface area contributed by atoms with Crippen molar-refractivity contribution in [2.24, 2.45) is 0 Å². The quantitative estimate of drug-likeness (QED) is 0.745. The zero-order valence-electron chi connectivity index (χ0n) is 12.2. The number of hydrogen-bond acceptors (Lipinski definition) is 4. The van der Waals surface area contributed by atoms with E-state index < -0.39 is 29.7 Å². The zero-order chi connectivity index (χ0) is 17.9. The van der Waals surface area contributed by atoms with Crippen molar-refractivity contribution < 1.29 is 22.7 Å². The van der Waals surface area contributed by atoms with Crippen LogP contribution in [0, 0.1) is 0 Å². The first kappa shape index (κ1) is 18.4. The summed E-state index contributed by atoms with van der Waals surface area (Å²) in [5.74, 6) is -4.95. The number of carbonyl (C=O) groups is 1. The van der Waals surface area contributed by atoms with E-state index in [0.29, 0.717) is 10.7 Å². The Labute approximate surface area is 145 Å². The molecule has 2 rings (SSSR count). The maximum absolute atomic E-state index is 13.8. The van der Waals surface area contributed by atoms with Crippen LogP contribution >= 0.6 is 23.2 Å². The number of nitrogens with one attached hydrogen (secondary N) is 1. The SMILES string of the molecule is COC(=O)c1cnc(Nc2ccc(Cl)cc2Cl)cc1C(F)(F)CF. The lowest BCUT2D eigenvalue weighted by Gasteiger charge is -2.17. The molecule has 2 aromatic rings. The number of esters is 1. The van der Waals surface area contributed by atoms with Gasteiger partial charge in [0.15, 0.2) is 6.67 Å². The summed E-state index contributed by atoms with van der Waals surface area (Å²) in [6.45, 7) is -1.97. The number of methoxy groups -OCH3 is 1.